The minimum absolute atomic E-state index is 0. The molecular formula is C10H12N2SY-2. The molecule has 4 heteroatoms. The second kappa shape index (κ2) is 7.44. The van der Waals surface area contributed by atoms with E-state index in [1.54, 1.807) is 0 Å². The first kappa shape index (κ1) is 14.1. The van der Waals surface area contributed by atoms with Gasteiger partial charge in [0, 0.05) is 32.7 Å². The van der Waals surface area contributed by atoms with Gasteiger partial charge < -0.3 is 22.9 Å². The normalized spacial score (nSPS) is 9.21. The van der Waals surface area contributed by atoms with Crippen molar-refractivity contribution in [3.05, 3.63) is 46.6 Å². The van der Waals surface area contributed by atoms with E-state index in [0.717, 1.165) is 18.2 Å². The van der Waals surface area contributed by atoms with E-state index in [1.165, 1.54) is 11.1 Å². The Morgan fingerprint density at radius 1 is 1.57 bits per heavy atom. The number of hydrogen-bond donors (Lipinski definition) is 1. The maximum absolute atomic E-state index is 8.71. The number of benzene rings is 1. The van der Waals surface area contributed by atoms with Gasteiger partial charge in [-0.1, -0.05) is 40.6 Å². The van der Waals surface area contributed by atoms with Crippen LogP contribution in [0.5, 0.6) is 0 Å². The molecule has 1 aromatic rings. The molecule has 0 fully saturated rings. The summed E-state index contributed by atoms with van der Waals surface area (Å²) in [5, 5.41) is 8.61. The van der Waals surface area contributed by atoms with E-state index >= 15 is 0 Å². The van der Waals surface area contributed by atoms with Crippen molar-refractivity contribution in [2.75, 3.05) is 0 Å². The van der Waals surface area contributed by atoms with Crippen LogP contribution < -0.4 is 5.73 Å². The number of nitrogens with zero attached hydrogens (tertiary/aromatic N) is 1. The van der Waals surface area contributed by atoms with Gasteiger partial charge in [-0.05, 0) is 6.92 Å². The molecule has 0 aliphatic carbocycles. The summed E-state index contributed by atoms with van der Waals surface area (Å²) in [6.07, 6.45) is 0.813. The zero-order valence-electron chi connectivity index (χ0n) is 8.10. The number of rotatable bonds is 3. The molecule has 0 heterocycles. The molecule has 0 saturated heterocycles. The molecule has 2 nitrogen and oxygen atoms in total. The fraction of sp³-hybridized carbons (Fsp3) is 0.200. The molecule has 0 atom stereocenters. The van der Waals surface area contributed by atoms with Crippen LogP contribution in [0.25, 0.3) is 5.41 Å². The van der Waals surface area contributed by atoms with Crippen molar-refractivity contribution in [1.29, 1.82) is 0 Å². The zero-order valence-corrected chi connectivity index (χ0v) is 11.8. The summed E-state index contributed by atoms with van der Waals surface area (Å²) in [5.41, 5.74) is 7.57. The van der Waals surface area contributed by atoms with Crippen molar-refractivity contribution in [3.8, 4) is 0 Å². The average molecular weight is 281 g/mol. The third-order valence-corrected chi connectivity index (χ3v) is 2.18. The second-order valence-electron chi connectivity index (χ2n) is 2.82. The Morgan fingerprint density at radius 2 is 2.29 bits per heavy atom. The minimum Gasteiger partial charge on any atom is -0.492 e. The minimum atomic E-state index is -0.104. The van der Waals surface area contributed by atoms with E-state index < -0.39 is 0 Å². The third-order valence-electron chi connectivity index (χ3n) is 1.61. The van der Waals surface area contributed by atoms with Crippen LogP contribution in [0.15, 0.2) is 24.3 Å². The molecule has 1 rings (SSSR count). The van der Waals surface area contributed by atoms with Gasteiger partial charge in [0.15, 0.2) is 0 Å². The molecule has 0 aromatic heterocycles. The zero-order chi connectivity index (χ0) is 9.68. The van der Waals surface area contributed by atoms with Gasteiger partial charge in [0.05, 0.1) is 0 Å². The fourth-order valence-electron chi connectivity index (χ4n) is 1.06. The van der Waals surface area contributed by atoms with Gasteiger partial charge in [-0.3, -0.25) is 5.75 Å². The standard InChI is InChI=1S/C10H12N2S.Y/c1-8-3-2-4-9(7-8)5-6-13-10(11)12;/h2-4,6-7H,5H2,1H3,(H2-,11,12);/q-2;. The topological polar surface area (TPSA) is 48.3 Å². The molecule has 0 aliphatic heterocycles. The molecule has 0 saturated carbocycles. The van der Waals surface area contributed by atoms with Gasteiger partial charge in [0.25, 0.3) is 0 Å². The summed E-state index contributed by atoms with van der Waals surface area (Å²) in [6.45, 7) is 2.06. The summed E-state index contributed by atoms with van der Waals surface area (Å²) in [5.74, 6) is 1.88. The van der Waals surface area contributed by atoms with Crippen molar-refractivity contribution in [1.82, 2.24) is 0 Å². The Labute approximate surface area is 114 Å². The Bertz CT molecular complexity index is 302. The molecule has 0 spiro atoms. The molecule has 2 N–H and O–H groups in total. The third kappa shape index (κ3) is 5.79. The van der Waals surface area contributed by atoms with Crippen molar-refractivity contribution >= 4 is 16.9 Å². The van der Waals surface area contributed by atoms with Crippen LogP contribution in [-0.2, 0) is 39.1 Å². The van der Waals surface area contributed by atoms with Crippen LogP contribution in [0.4, 0.5) is 0 Å². The molecule has 0 unspecified atom stereocenters. The van der Waals surface area contributed by atoms with Crippen LogP contribution in [0, 0.1) is 12.7 Å². The molecule has 1 radical (unpaired) electrons. The van der Waals surface area contributed by atoms with Crippen LogP contribution in [0.1, 0.15) is 11.1 Å². The van der Waals surface area contributed by atoms with E-state index in [0.29, 0.717) is 0 Å². The fourth-order valence-corrected chi connectivity index (χ4v) is 1.51. The van der Waals surface area contributed by atoms with Crippen LogP contribution in [-0.4, -0.2) is 5.17 Å². The Morgan fingerprint density at radius 3 is 2.86 bits per heavy atom. The Balaban J connectivity index is 0.00000169. The summed E-state index contributed by atoms with van der Waals surface area (Å²) in [6, 6.07) is 8.25. The van der Waals surface area contributed by atoms with Crippen molar-refractivity contribution < 1.29 is 32.7 Å². The molecule has 0 amide bonds. The molecule has 1 aromatic carbocycles. The van der Waals surface area contributed by atoms with E-state index in [2.05, 4.69) is 25.1 Å². The average Bonchev–Trinajstić information content (AvgIpc) is 2.03. The van der Waals surface area contributed by atoms with Gasteiger partial charge in [0.2, 0.25) is 0 Å². The van der Waals surface area contributed by atoms with Gasteiger partial charge in [0.1, 0.15) is 0 Å². The first-order valence-corrected chi connectivity index (χ1v) is 4.91. The number of amidine groups is 1. The molecular weight excluding hydrogens is 269 g/mol. The molecule has 0 bridgehead atoms. The van der Waals surface area contributed by atoms with Crippen LogP contribution >= 0.6 is 11.8 Å². The van der Waals surface area contributed by atoms with Gasteiger partial charge in [-0.2, -0.15) is 0 Å². The Kier molecular flexibility index (Phi) is 7.51. The van der Waals surface area contributed by atoms with Crippen LogP contribution in [0.2, 0.25) is 0 Å². The van der Waals surface area contributed by atoms with E-state index in [9.17, 15) is 0 Å². The summed E-state index contributed by atoms with van der Waals surface area (Å²) in [7, 11) is 0. The molecule has 14 heavy (non-hydrogen) atoms. The van der Waals surface area contributed by atoms with Crippen molar-refractivity contribution in [2.45, 2.75) is 13.3 Å². The maximum atomic E-state index is 8.71. The van der Waals surface area contributed by atoms with Gasteiger partial charge in [-0.15, -0.1) is 6.42 Å². The summed E-state index contributed by atoms with van der Waals surface area (Å²) in [4.78, 5) is 0. The summed E-state index contributed by atoms with van der Waals surface area (Å²) >= 11 is 1.16. The van der Waals surface area contributed by atoms with Crippen molar-refractivity contribution in [3.63, 3.8) is 0 Å². The predicted octanol–water partition coefficient (Wildman–Crippen LogP) is 2.31. The van der Waals surface area contributed by atoms with E-state index in [1.807, 2.05) is 11.8 Å². The monoisotopic (exact) mass is 281 g/mol. The maximum Gasteiger partial charge on any atom is 0 e. The number of thioether (sulfide) groups is 1. The molecule has 73 valence electrons. The van der Waals surface area contributed by atoms with Crippen molar-refractivity contribution in [2.24, 2.45) is 5.73 Å². The van der Waals surface area contributed by atoms with Gasteiger partial charge in [-0.25, -0.2) is 0 Å². The SMILES string of the molecule is Cc1cccc(C[CH-]SC(=[N-])N)c1.[Y]. The predicted molar refractivity (Wildman–Crippen MR) is 59.3 cm³/mol. The van der Waals surface area contributed by atoms with E-state index in [-0.39, 0.29) is 37.9 Å². The largest absolute Gasteiger partial charge is 0.492 e. The number of hydrogen-bond acceptors (Lipinski definition) is 1. The Hall–Kier alpha value is 0.144. The first-order chi connectivity index (χ1) is 6.18. The van der Waals surface area contributed by atoms with E-state index in [4.69, 9.17) is 11.1 Å². The smallest absolute Gasteiger partial charge is 0 e. The number of nitrogens with two attached hydrogens (primary N) is 1. The second-order valence-corrected chi connectivity index (χ2v) is 3.80. The summed E-state index contributed by atoms with van der Waals surface area (Å²) < 4.78 is 0. The van der Waals surface area contributed by atoms with Crippen LogP contribution in [0.3, 0.4) is 0 Å². The first-order valence-electron chi connectivity index (χ1n) is 4.04. The quantitative estimate of drug-likeness (QED) is 0.525. The van der Waals surface area contributed by atoms with Gasteiger partial charge >= 0.3 is 0 Å². The number of aryl methyl sites for hydroxylation is 1. The molecule has 0 aliphatic rings.